The molecule has 0 radical (unpaired) electrons. The number of carbonyl (C=O) groups is 2. The maximum absolute atomic E-state index is 11.9. The fourth-order valence-corrected chi connectivity index (χ4v) is 3.00. The highest BCUT2D eigenvalue weighted by atomic mass is 32.1. The lowest BCUT2D eigenvalue weighted by atomic mass is 10.3. The first-order valence-electron chi connectivity index (χ1n) is 7.00. The third-order valence-electron chi connectivity index (χ3n) is 3.23. The fourth-order valence-electron chi connectivity index (χ4n) is 1.98. The summed E-state index contributed by atoms with van der Waals surface area (Å²) in [6, 6.07) is 0. The SMILES string of the molecule is CCOC(=O)c1nc(N(CC)CC2CC2)sc1C(C)=O. The number of ketones is 1. The Balaban J connectivity index is 2.26. The minimum absolute atomic E-state index is 0.140. The fraction of sp³-hybridized carbons (Fsp3) is 0.643. The van der Waals surface area contributed by atoms with Crippen LogP contribution in [0.3, 0.4) is 0 Å². The lowest BCUT2D eigenvalue weighted by molar-refractivity contribution is 0.0517. The summed E-state index contributed by atoms with van der Waals surface area (Å²) in [5.41, 5.74) is 0.161. The second-order valence-corrected chi connectivity index (χ2v) is 5.91. The van der Waals surface area contributed by atoms with Gasteiger partial charge >= 0.3 is 5.97 Å². The van der Waals surface area contributed by atoms with Gasteiger partial charge in [-0.05, 0) is 32.6 Å². The molecule has 20 heavy (non-hydrogen) atoms. The van der Waals surface area contributed by atoms with Gasteiger partial charge in [-0.25, -0.2) is 9.78 Å². The van der Waals surface area contributed by atoms with E-state index in [2.05, 4.69) is 16.8 Å². The molecule has 0 saturated heterocycles. The molecular weight excluding hydrogens is 276 g/mol. The van der Waals surface area contributed by atoms with Gasteiger partial charge in [0, 0.05) is 20.0 Å². The molecule has 1 saturated carbocycles. The van der Waals surface area contributed by atoms with Crippen LogP contribution in [0.25, 0.3) is 0 Å². The van der Waals surface area contributed by atoms with Crippen LogP contribution in [0.2, 0.25) is 0 Å². The summed E-state index contributed by atoms with van der Waals surface area (Å²) in [4.78, 5) is 30.4. The van der Waals surface area contributed by atoms with Crippen molar-refractivity contribution in [3.8, 4) is 0 Å². The van der Waals surface area contributed by atoms with E-state index in [9.17, 15) is 9.59 Å². The largest absolute Gasteiger partial charge is 0.461 e. The highest BCUT2D eigenvalue weighted by Crippen LogP contribution is 2.33. The number of ether oxygens (including phenoxy) is 1. The molecule has 0 bridgehead atoms. The topological polar surface area (TPSA) is 59.5 Å². The molecule has 1 aromatic heterocycles. The van der Waals surface area contributed by atoms with Gasteiger partial charge in [-0.1, -0.05) is 11.3 Å². The summed E-state index contributed by atoms with van der Waals surface area (Å²) < 4.78 is 4.97. The molecular formula is C14H20N2O3S. The van der Waals surface area contributed by atoms with Gasteiger partial charge in [-0.15, -0.1) is 0 Å². The molecule has 1 aromatic rings. The number of esters is 1. The van der Waals surface area contributed by atoms with Crippen molar-refractivity contribution in [3.05, 3.63) is 10.6 Å². The zero-order chi connectivity index (χ0) is 14.7. The molecule has 6 heteroatoms. The predicted molar refractivity (Wildman–Crippen MR) is 78.7 cm³/mol. The van der Waals surface area contributed by atoms with Gasteiger partial charge in [0.25, 0.3) is 0 Å². The number of carbonyl (C=O) groups excluding carboxylic acids is 2. The first-order chi connectivity index (χ1) is 9.56. The molecule has 5 nitrogen and oxygen atoms in total. The van der Waals surface area contributed by atoms with Crippen molar-refractivity contribution < 1.29 is 14.3 Å². The summed E-state index contributed by atoms with van der Waals surface area (Å²) in [5.74, 6) is 0.0765. The second kappa shape index (κ2) is 6.35. The van der Waals surface area contributed by atoms with E-state index < -0.39 is 5.97 Å². The van der Waals surface area contributed by atoms with Crippen molar-refractivity contribution in [1.82, 2.24) is 4.98 Å². The van der Waals surface area contributed by atoms with Crippen molar-refractivity contribution in [1.29, 1.82) is 0 Å². The van der Waals surface area contributed by atoms with Crippen molar-refractivity contribution in [2.75, 3.05) is 24.6 Å². The Bertz CT molecular complexity index is 509. The summed E-state index contributed by atoms with van der Waals surface area (Å²) in [6.45, 7) is 7.30. The monoisotopic (exact) mass is 296 g/mol. The molecule has 0 unspecified atom stereocenters. The molecule has 0 atom stereocenters. The first kappa shape index (κ1) is 15.0. The standard InChI is InChI=1S/C14H20N2O3S/c1-4-16(8-10-6-7-10)14-15-11(13(18)19-5-2)12(20-14)9(3)17/h10H,4-8H2,1-3H3. The van der Waals surface area contributed by atoms with E-state index in [0.717, 1.165) is 24.1 Å². The maximum atomic E-state index is 11.9. The Morgan fingerprint density at radius 2 is 2.10 bits per heavy atom. The molecule has 1 aliphatic carbocycles. The van der Waals surface area contributed by atoms with Gasteiger partial charge in [-0.2, -0.15) is 0 Å². The Morgan fingerprint density at radius 3 is 2.60 bits per heavy atom. The van der Waals surface area contributed by atoms with Crippen LogP contribution in [-0.4, -0.2) is 36.4 Å². The minimum atomic E-state index is -0.511. The van der Waals surface area contributed by atoms with Crippen LogP contribution in [0.5, 0.6) is 0 Å². The zero-order valence-electron chi connectivity index (χ0n) is 12.1. The Labute approximate surface area is 122 Å². The smallest absolute Gasteiger partial charge is 0.358 e. The van der Waals surface area contributed by atoms with E-state index in [1.165, 1.54) is 31.1 Å². The summed E-state index contributed by atoms with van der Waals surface area (Å²) in [7, 11) is 0. The third kappa shape index (κ3) is 3.36. The average Bonchev–Trinajstić information content (AvgIpc) is 3.11. The number of thiazole rings is 1. The average molecular weight is 296 g/mol. The number of hydrogen-bond acceptors (Lipinski definition) is 6. The molecule has 1 fully saturated rings. The van der Waals surface area contributed by atoms with Crippen molar-refractivity contribution in [2.24, 2.45) is 5.92 Å². The lowest BCUT2D eigenvalue weighted by Crippen LogP contribution is -2.25. The van der Waals surface area contributed by atoms with Gasteiger partial charge in [0.15, 0.2) is 16.6 Å². The van der Waals surface area contributed by atoms with Gasteiger partial charge in [0.05, 0.1) is 6.61 Å². The van der Waals surface area contributed by atoms with Crippen molar-refractivity contribution >= 4 is 28.2 Å². The Kier molecular flexibility index (Phi) is 4.75. The molecule has 2 rings (SSSR count). The van der Waals surface area contributed by atoms with Crippen LogP contribution in [0.1, 0.15) is 53.8 Å². The van der Waals surface area contributed by atoms with E-state index in [1.807, 2.05) is 0 Å². The molecule has 0 aromatic carbocycles. The van der Waals surface area contributed by atoms with Crippen LogP contribution in [-0.2, 0) is 4.74 Å². The number of anilines is 1. The minimum Gasteiger partial charge on any atom is -0.461 e. The second-order valence-electron chi connectivity index (χ2n) is 4.93. The molecule has 1 heterocycles. The number of aromatic nitrogens is 1. The van der Waals surface area contributed by atoms with Crippen LogP contribution >= 0.6 is 11.3 Å². The van der Waals surface area contributed by atoms with E-state index in [-0.39, 0.29) is 18.1 Å². The van der Waals surface area contributed by atoms with Gasteiger partial charge in [0.2, 0.25) is 0 Å². The molecule has 0 spiro atoms. The maximum Gasteiger partial charge on any atom is 0.358 e. The predicted octanol–water partition coefficient (Wildman–Crippen LogP) is 2.76. The van der Waals surface area contributed by atoms with E-state index in [1.54, 1.807) is 6.92 Å². The Hall–Kier alpha value is -1.43. The lowest BCUT2D eigenvalue weighted by Gasteiger charge is -2.19. The highest BCUT2D eigenvalue weighted by molar-refractivity contribution is 7.17. The van der Waals surface area contributed by atoms with Crippen LogP contribution < -0.4 is 4.90 Å². The normalized spacial score (nSPS) is 14.2. The highest BCUT2D eigenvalue weighted by Gasteiger charge is 2.28. The number of Topliss-reactive ketones (excluding diaryl/α,β-unsaturated/α-hetero) is 1. The third-order valence-corrected chi connectivity index (χ3v) is 4.45. The van der Waals surface area contributed by atoms with E-state index >= 15 is 0 Å². The number of nitrogens with zero attached hydrogens (tertiary/aromatic N) is 2. The van der Waals surface area contributed by atoms with Crippen LogP contribution in [0.4, 0.5) is 5.13 Å². The molecule has 0 amide bonds. The molecule has 1 aliphatic rings. The molecule has 0 aliphatic heterocycles. The van der Waals surface area contributed by atoms with Gasteiger partial charge in [0.1, 0.15) is 4.88 Å². The summed E-state index contributed by atoms with van der Waals surface area (Å²) in [5, 5.41) is 0.743. The molecule has 110 valence electrons. The number of hydrogen-bond donors (Lipinski definition) is 0. The first-order valence-corrected chi connectivity index (χ1v) is 7.82. The van der Waals surface area contributed by atoms with E-state index in [0.29, 0.717) is 4.88 Å². The van der Waals surface area contributed by atoms with Gasteiger partial charge < -0.3 is 9.64 Å². The van der Waals surface area contributed by atoms with Crippen LogP contribution in [0.15, 0.2) is 0 Å². The summed E-state index contributed by atoms with van der Waals surface area (Å²) in [6.07, 6.45) is 2.51. The Morgan fingerprint density at radius 1 is 1.40 bits per heavy atom. The summed E-state index contributed by atoms with van der Waals surface area (Å²) >= 11 is 1.29. The molecule has 0 N–H and O–H groups in total. The van der Waals surface area contributed by atoms with Crippen molar-refractivity contribution in [3.63, 3.8) is 0 Å². The van der Waals surface area contributed by atoms with Gasteiger partial charge in [-0.3, -0.25) is 4.79 Å². The van der Waals surface area contributed by atoms with Crippen molar-refractivity contribution in [2.45, 2.75) is 33.6 Å². The zero-order valence-corrected chi connectivity index (χ0v) is 13.0. The number of rotatable bonds is 7. The van der Waals surface area contributed by atoms with E-state index in [4.69, 9.17) is 4.74 Å². The quantitative estimate of drug-likeness (QED) is 0.572. The van der Waals surface area contributed by atoms with Crippen LogP contribution in [0, 0.1) is 5.92 Å².